The van der Waals surface area contributed by atoms with Gasteiger partial charge in [-0.25, -0.2) is 22.8 Å². The molecule has 1 amide bonds. The SMILES string of the molecule is Cc1cc(C)c(OC(=O)CCCCCC(CON(O)O)ON(O)O)c(C)c1NC(=O)c1sccc1S(=O)(=O)Nc1onc(C)c1Cl. The zero-order valence-corrected chi connectivity index (χ0v) is 27.5. The summed E-state index contributed by atoms with van der Waals surface area (Å²) >= 11 is 6.95. The summed E-state index contributed by atoms with van der Waals surface area (Å²) < 4.78 is 38.9. The van der Waals surface area contributed by atoms with Crippen LogP contribution < -0.4 is 14.8 Å². The summed E-state index contributed by atoms with van der Waals surface area (Å²) in [5, 5.41) is 41.7. The van der Waals surface area contributed by atoms with Gasteiger partial charge in [-0.05, 0) is 63.1 Å². The number of nitrogens with one attached hydrogen (secondary N) is 2. The minimum atomic E-state index is -4.28. The lowest BCUT2D eigenvalue weighted by Gasteiger charge is -2.19. The molecule has 3 aromatic rings. The van der Waals surface area contributed by atoms with Gasteiger partial charge in [0, 0.05) is 12.0 Å². The maximum absolute atomic E-state index is 13.3. The van der Waals surface area contributed by atoms with E-state index in [0.717, 1.165) is 11.3 Å². The number of anilines is 2. The molecule has 0 aliphatic rings. The van der Waals surface area contributed by atoms with Crippen LogP contribution in [0, 0.1) is 27.7 Å². The molecule has 6 N–H and O–H groups in total. The molecule has 3 rings (SSSR count). The van der Waals surface area contributed by atoms with E-state index in [1.165, 1.54) is 18.4 Å². The molecule has 0 radical (unpaired) electrons. The Bertz CT molecular complexity index is 1630. The van der Waals surface area contributed by atoms with Crippen LogP contribution in [0.5, 0.6) is 5.75 Å². The van der Waals surface area contributed by atoms with E-state index in [4.69, 9.17) is 41.7 Å². The van der Waals surface area contributed by atoms with Crippen molar-refractivity contribution >= 4 is 56.4 Å². The van der Waals surface area contributed by atoms with Crippen molar-refractivity contribution in [2.75, 3.05) is 16.6 Å². The largest absolute Gasteiger partial charge is 0.426 e. The van der Waals surface area contributed by atoms with Crippen LogP contribution in [-0.2, 0) is 24.5 Å². The number of thiophene rings is 1. The summed E-state index contributed by atoms with van der Waals surface area (Å²) in [5.74, 6) is -1.27. The van der Waals surface area contributed by atoms with Gasteiger partial charge >= 0.3 is 5.97 Å². The number of halogens is 1. The van der Waals surface area contributed by atoms with E-state index < -0.39 is 45.4 Å². The molecule has 2 aromatic heterocycles. The molecule has 0 saturated heterocycles. The fourth-order valence-electron chi connectivity index (χ4n) is 4.39. The van der Waals surface area contributed by atoms with Gasteiger partial charge in [-0.3, -0.25) is 30.4 Å². The standard InChI is InChI=1S/C26H34ClN5O12S2/c1-14-12-15(2)23(42-20(33)9-7-5-6-8-18(44-32(37)38)13-41-31(35)36)16(3)22(14)28-25(34)24-19(10-11-45-24)46(39,40)30-26-21(27)17(4)29-43-26/h10-12,18,30,35-38H,5-9,13H2,1-4H3,(H,28,34). The van der Waals surface area contributed by atoms with Gasteiger partial charge in [0.25, 0.3) is 21.8 Å². The van der Waals surface area contributed by atoms with E-state index in [1.54, 1.807) is 26.8 Å². The number of rotatable bonds is 17. The smallest absolute Gasteiger partial charge is 0.311 e. The van der Waals surface area contributed by atoms with Crippen LogP contribution in [0.1, 0.15) is 64.2 Å². The van der Waals surface area contributed by atoms with E-state index in [1.807, 2.05) is 0 Å². The summed E-state index contributed by atoms with van der Waals surface area (Å²) in [4.78, 5) is 34.7. The van der Waals surface area contributed by atoms with Crippen molar-refractivity contribution in [2.24, 2.45) is 0 Å². The molecule has 0 spiro atoms. The zero-order chi connectivity index (χ0) is 34.2. The number of carbonyl (C=O) groups is 2. The highest BCUT2D eigenvalue weighted by Gasteiger charge is 2.28. The minimum absolute atomic E-state index is 0.0115. The van der Waals surface area contributed by atoms with Gasteiger partial charge in [0.2, 0.25) is 0 Å². The van der Waals surface area contributed by atoms with Gasteiger partial charge in [-0.1, -0.05) is 35.7 Å². The number of hydrogen-bond donors (Lipinski definition) is 6. The van der Waals surface area contributed by atoms with Crippen molar-refractivity contribution in [1.29, 1.82) is 0 Å². The van der Waals surface area contributed by atoms with Crippen LogP contribution in [0.2, 0.25) is 5.02 Å². The topological polar surface area (TPSA) is 233 Å². The second kappa shape index (κ2) is 16.6. The Morgan fingerprint density at radius 2 is 1.80 bits per heavy atom. The molecular formula is C26H34ClN5O12S2. The van der Waals surface area contributed by atoms with Gasteiger partial charge in [0.1, 0.15) is 38.9 Å². The van der Waals surface area contributed by atoms with Crippen LogP contribution in [0.4, 0.5) is 11.6 Å². The van der Waals surface area contributed by atoms with Gasteiger partial charge < -0.3 is 14.6 Å². The molecule has 46 heavy (non-hydrogen) atoms. The van der Waals surface area contributed by atoms with E-state index >= 15 is 0 Å². The minimum Gasteiger partial charge on any atom is -0.426 e. The van der Waals surface area contributed by atoms with Crippen molar-refractivity contribution in [3.63, 3.8) is 0 Å². The molecule has 254 valence electrons. The summed E-state index contributed by atoms with van der Waals surface area (Å²) in [5.41, 5.74) is 2.39. The van der Waals surface area contributed by atoms with Crippen molar-refractivity contribution in [2.45, 2.75) is 70.8 Å². The highest BCUT2D eigenvalue weighted by molar-refractivity contribution is 7.93. The first-order valence-electron chi connectivity index (χ1n) is 13.6. The lowest BCUT2D eigenvalue weighted by molar-refractivity contribution is -0.527. The number of esters is 1. The molecule has 1 aromatic carbocycles. The van der Waals surface area contributed by atoms with E-state index in [9.17, 15) is 18.0 Å². The normalized spacial score (nSPS) is 12.5. The lowest BCUT2D eigenvalue weighted by Crippen LogP contribution is -2.31. The Morgan fingerprint density at radius 1 is 1.09 bits per heavy atom. The molecule has 1 atom stereocenters. The molecule has 20 heteroatoms. The number of amides is 1. The summed E-state index contributed by atoms with van der Waals surface area (Å²) in [7, 11) is -4.28. The number of unbranched alkanes of at least 4 members (excludes halogenated alkanes) is 2. The molecule has 0 bridgehead atoms. The third-order valence-electron chi connectivity index (χ3n) is 6.52. The highest BCUT2D eigenvalue weighted by atomic mass is 35.5. The van der Waals surface area contributed by atoms with Crippen LogP contribution >= 0.6 is 22.9 Å². The molecular weight excluding hydrogens is 674 g/mol. The summed E-state index contributed by atoms with van der Waals surface area (Å²) in [6.45, 7) is 6.29. The fraction of sp³-hybridized carbons (Fsp3) is 0.423. The third kappa shape index (κ3) is 10.1. The Hall–Kier alpha value is -3.21. The number of carbonyl (C=O) groups excluding carboxylic acids is 2. The summed E-state index contributed by atoms with van der Waals surface area (Å²) in [6.07, 6.45) is 0.748. The molecule has 1 unspecified atom stereocenters. The number of benzene rings is 1. The van der Waals surface area contributed by atoms with E-state index in [2.05, 4.69) is 24.9 Å². The first kappa shape index (κ1) is 37.2. The van der Waals surface area contributed by atoms with Gasteiger partial charge in [-0.15, -0.1) is 11.3 Å². The van der Waals surface area contributed by atoms with Crippen molar-refractivity contribution in [1.82, 2.24) is 15.9 Å². The van der Waals surface area contributed by atoms with Crippen LogP contribution in [0.3, 0.4) is 0 Å². The van der Waals surface area contributed by atoms with Crippen molar-refractivity contribution in [3.05, 3.63) is 49.8 Å². The number of hydrogen-bond acceptors (Lipinski definition) is 16. The average Bonchev–Trinajstić information content (AvgIpc) is 3.59. The van der Waals surface area contributed by atoms with Crippen molar-refractivity contribution < 1.29 is 57.8 Å². The Kier molecular flexibility index (Phi) is 13.4. The number of aromatic nitrogens is 1. The highest BCUT2D eigenvalue weighted by Crippen LogP contribution is 2.35. The summed E-state index contributed by atoms with van der Waals surface area (Å²) in [6, 6.07) is 2.99. The van der Waals surface area contributed by atoms with Crippen molar-refractivity contribution in [3.8, 4) is 5.75 Å². The fourth-order valence-corrected chi connectivity index (χ4v) is 6.89. The second-order valence-corrected chi connectivity index (χ2v) is 13.0. The predicted molar refractivity (Wildman–Crippen MR) is 160 cm³/mol. The number of sulfonamides is 1. The number of nitrogens with zero attached hydrogens (tertiary/aromatic N) is 3. The Labute approximate surface area is 272 Å². The monoisotopic (exact) mass is 707 g/mol. The maximum Gasteiger partial charge on any atom is 0.311 e. The van der Waals surface area contributed by atoms with Gasteiger partial charge in [0.05, 0.1) is 16.5 Å². The third-order valence-corrected chi connectivity index (χ3v) is 9.39. The van der Waals surface area contributed by atoms with Gasteiger partial charge in [0.15, 0.2) is 0 Å². The van der Waals surface area contributed by atoms with E-state index in [0.29, 0.717) is 41.6 Å². The Morgan fingerprint density at radius 3 is 2.43 bits per heavy atom. The predicted octanol–water partition coefficient (Wildman–Crippen LogP) is 4.92. The van der Waals surface area contributed by atoms with Crippen LogP contribution in [0.25, 0.3) is 0 Å². The molecule has 0 fully saturated rings. The first-order valence-corrected chi connectivity index (χ1v) is 16.3. The quantitative estimate of drug-likeness (QED) is 0.0473. The first-order chi connectivity index (χ1) is 21.6. The van der Waals surface area contributed by atoms with Crippen LogP contribution in [-0.4, -0.2) is 69.8 Å². The molecule has 17 nitrogen and oxygen atoms in total. The Balaban J connectivity index is 1.64. The molecule has 0 saturated carbocycles. The maximum atomic E-state index is 13.3. The second-order valence-electron chi connectivity index (χ2n) is 10.0. The molecule has 0 aliphatic heterocycles. The van der Waals surface area contributed by atoms with Gasteiger partial charge in [-0.2, -0.15) is 0 Å². The van der Waals surface area contributed by atoms with E-state index in [-0.39, 0.29) is 45.0 Å². The average molecular weight is 708 g/mol. The zero-order valence-electron chi connectivity index (χ0n) is 25.1. The van der Waals surface area contributed by atoms with Crippen LogP contribution in [0.15, 0.2) is 26.9 Å². The lowest BCUT2D eigenvalue weighted by atomic mass is 10.0. The molecule has 2 heterocycles. The number of ether oxygens (including phenoxy) is 1. The molecule has 0 aliphatic carbocycles. The number of aryl methyl sites for hydroxylation is 3.